The zero-order valence-corrected chi connectivity index (χ0v) is 12.3. The van der Waals surface area contributed by atoms with Crippen molar-refractivity contribution in [2.45, 2.75) is 13.5 Å². The van der Waals surface area contributed by atoms with E-state index in [1.807, 2.05) is 23.6 Å². The van der Waals surface area contributed by atoms with E-state index in [0.717, 1.165) is 11.1 Å². The fraction of sp³-hybridized carbons (Fsp3) is 0.125. The predicted molar refractivity (Wildman–Crippen MR) is 82.2 cm³/mol. The van der Waals surface area contributed by atoms with Crippen LogP contribution in [-0.4, -0.2) is 11.1 Å². The molecule has 3 aromatic rings. The average Bonchev–Trinajstić information content (AvgIpc) is 3.16. The van der Waals surface area contributed by atoms with E-state index in [-0.39, 0.29) is 5.91 Å². The standard InChI is InChI=1S/C16H14N2O2S/c1-11-15(9-18-20-11)16(19)17-8-12-4-2-3-5-14(12)13-6-7-21-10-13/h2-7,9-10H,8H2,1H3,(H,17,19). The molecule has 1 N–H and O–H groups in total. The lowest BCUT2D eigenvalue weighted by Gasteiger charge is -2.09. The van der Waals surface area contributed by atoms with Gasteiger partial charge < -0.3 is 9.84 Å². The van der Waals surface area contributed by atoms with Gasteiger partial charge in [-0.1, -0.05) is 29.4 Å². The Balaban J connectivity index is 1.77. The van der Waals surface area contributed by atoms with Gasteiger partial charge in [0.15, 0.2) is 0 Å². The van der Waals surface area contributed by atoms with Crippen LogP contribution in [0.15, 0.2) is 51.8 Å². The van der Waals surface area contributed by atoms with Crippen molar-refractivity contribution in [2.24, 2.45) is 0 Å². The van der Waals surface area contributed by atoms with Crippen LogP contribution in [0.25, 0.3) is 11.1 Å². The maximum atomic E-state index is 12.1. The fourth-order valence-electron chi connectivity index (χ4n) is 2.16. The quantitative estimate of drug-likeness (QED) is 0.800. The third-order valence-electron chi connectivity index (χ3n) is 3.28. The van der Waals surface area contributed by atoms with Crippen molar-refractivity contribution in [2.75, 3.05) is 0 Å². The van der Waals surface area contributed by atoms with Crippen molar-refractivity contribution in [3.8, 4) is 11.1 Å². The minimum absolute atomic E-state index is 0.172. The van der Waals surface area contributed by atoms with Gasteiger partial charge in [0, 0.05) is 6.54 Å². The summed E-state index contributed by atoms with van der Waals surface area (Å²) in [6, 6.07) is 10.1. The van der Waals surface area contributed by atoms with E-state index in [4.69, 9.17) is 4.52 Å². The number of carbonyl (C=O) groups is 1. The molecule has 3 rings (SSSR count). The van der Waals surface area contributed by atoms with Gasteiger partial charge >= 0.3 is 0 Å². The summed E-state index contributed by atoms with van der Waals surface area (Å²) in [6.45, 7) is 2.19. The topological polar surface area (TPSA) is 55.1 Å². The number of aromatic nitrogens is 1. The van der Waals surface area contributed by atoms with Gasteiger partial charge in [0.1, 0.15) is 11.3 Å². The van der Waals surface area contributed by atoms with Crippen LogP contribution >= 0.6 is 11.3 Å². The van der Waals surface area contributed by atoms with Crippen LogP contribution in [-0.2, 0) is 6.54 Å². The Morgan fingerprint density at radius 1 is 1.33 bits per heavy atom. The molecule has 0 bridgehead atoms. The highest BCUT2D eigenvalue weighted by Gasteiger charge is 2.13. The predicted octanol–water partition coefficient (Wildman–Crippen LogP) is 3.64. The molecule has 0 unspecified atom stereocenters. The van der Waals surface area contributed by atoms with E-state index in [1.165, 1.54) is 11.8 Å². The maximum Gasteiger partial charge on any atom is 0.256 e. The largest absolute Gasteiger partial charge is 0.361 e. The van der Waals surface area contributed by atoms with Crippen molar-refractivity contribution < 1.29 is 9.32 Å². The normalized spacial score (nSPS) is 10.5. The minimum atomic E-state index is -0.172. The first-order chi connectivity index (χ1) is 10.3. The molecule has 0 spiro atoms. The first kappa shape index (κ1) is 13.6. The van der Waals surface area contributed by atoms with Crippen LogP contribution in [0.1, 0.15) is 21.7 Å². The lowest BCUT2D eigenvalue weighted by Crippen LogP contribution is -2.23. The summed E-state index contributed by atoms with van der Waals surface area (Å²) in [5.74, 6) is 0.354. The Hall–Kier alpha value is -2.40. The second-order valence-electron chi connectivity index (χ2n) is 4.65. The van der Waals surface area contributed by atoms with Gasteiger partial charge in [-0.2, -0.15) is 11.3 Å². The Bertz CT molecular complexity index is 747. The molecule has 0 fully saturated rings. The molecule has 0 atom stereocenters. The van der Waals surface area contributed by atoms with E-state index in [1.54, 1.807) is 18.3 Å². The van der Waals surface area contributed by atoms with Gasteiger partial charge in [0.05, 0.1) is 6.20 Å². The number of nitrogens with one attached hydrogen (secondary N) is 1. The molecular weight excluding hydrogens is 284 g/mol. The lowest BCUT2D eigenvalue weighted by molar-refractivity contribution is 0.0949. The summed E-state index contributed by atoms with van der Waals surface area (Å²) in [4.78, 5) is 12.1. The van der Waals surface area contributed by atoms with E-state index in [9.17, 15) is 4.79 Å². The van der Waals surface area contributed by atoms with Gasteiger partial charge in [-0.25, -0.2) is 0 Å². The summed E-state index contributed by atoms with van der Waals surface area (Å²) in [5.41, 5.74) is 3.87. The summed E-state index contributed by atoms with van der Waals surface area (Å²) in [5, 5.41) is 10.7. The number of thiophene rings is 1. The highest BCUT2D eigenvalue weighted by molar-refractivity contribution is 7.08. The minimum Gasteiger partial charge on any atom is -0.361 e. The number of benzene rings is 1. The zero-order valence-electron chi connectivity index (χ0n) is 11.5. The van der Waals surface area contributed by atoms with E-state index in [0.29, 0.717) is 17.9 Å². The molecule has 0 saturated heterocycles. The second-order valence-corrected chi connectivity index (χ2v) is 5.43. The van der Waals surface area contributed by atoms with Crippen molar-refractivity contribution in [1.29, 1.82) is 0 Å². The molecular formula is C16H14N2O2S. The third-order valence-corrected chi connectivity index (χ3v) is 3.97. The highest BCUT2D eigenvalue weighted by Crippen LogP contribution is 2.25. The number of hydrogen-bond donors (Lipinski definition) is 1. The molecule has 0 radical (unpaired) electrons. The van der Waals surface area contributed by atoms with Crippen LogP contribution < -0.4 is 5.32 Å². The monoisotopic (exact) mass is 298 g/mol. The van der Waals surface area contributed by atoms with Crippen molar-refractivity contribution in [1.82, 2.24) is 10.5 Å². The van der Waals surface area contributed by atoms with E-state index >= 15 is 0 Å². The zero-order chi connectivity index (χ0) is 14.7. The van der Waals surface area contributed by atoms with Crippen LogP contribution in [0.3, 0.4) is 0 Å². The Morgan fingerprint density at radius 3 is 2.90 bits per heavy atom. The molecule has 21 heavy (non-hydrogen) atoms. The number of amides is 1. The molecule has 5 heteroatoms. The second kappa shape index (κ2) is 5.93. The molecule has 1 aromatic carbocycles. The van der Waals surface area contributed by atoms with Gasteiger partial charge in [0.2, 0.25) is 0 Å². The van der Waals surface area contributed by atoms with Crippen LogP contribution in [0.2, 0.25) is 0 Å². The van der Waals surface area contributed by atoms with Gasteiger partial charge in [0.25, 0.3) is 5.91 Å². The smallest absolute Gasteiger partial charge is 0.256 e. The Morgan fingerprint density at radius 2 is 2.19 bits per heavy atom. The summed E-state index contributed by atoms with van der Waals surface area (Å²) < 4.78 is 4.91. The Kier molecular flexibility index (Phi) is 3.83. The summed E-state index contributed by atoms with van der Waals surface area (Å²) in [7, 11) is 0. The highest BCUT2D eigenvalue weighted by atomic mass is 32.1. The molecule has 0 saturated carbocycles. The van der Waals surface area contributed by atoms with Crippen LogP contribution in [0.5, 0.6) is 0 Å². The number of rotatable bonds is 4. The number of nitrogens with zero attached hydrogens (tertiary/aromatic N) is 1. The third kappa shape index (κ3) is 2.87. The lowest BCUT2D eigenvalue weighted by atomic mass is 10.0. The van der Waals surface area contributed by atoms with Crippen molar-refractivity contribution in [3.05, 3.63) is 64.2 Å². The summed E-state index contributed by atoms with van der Waals surface area (Å²) in [6.07, 6.45) is 1.44. The van der Waals surface area contributed by atoms with E-state index < -0.39 is 0 Å². The van der Waals surface area contributed by atoms with Crippen molar-refractivity contribution >= 4 is 17.2 Å². The van der Waals surface area contributed by atoms with E-state index in [2.05, 4.69) is 28.0 Å². The van der Waals surface area contributed by atoms with Gasteiger partial charge in [-0.05, 0) is 40.4 Å². The molecule has 0 aliphatic carbocycles. The number of carbonyl (C=O) groups excluding carboxylic acids is 1. The van der Waals surface area contributed by atoms with Crippen LogP contribution in [0, 0.1) is 6.92 Å². The number of aryl methyl sites for hydroxylation is 1. The summed E-state index contributed by atoms with van der Waals surface area (Å²) >= 11 is 1.66. The van der Waals surface area contributed by atoms with Crippen LogP contribution in [0.4, 0.5) is 0 Å². The molecule has 2 heterocycles. The average molecular weight is 298 g/mol. The Labute approximate surface area is 126 Å². The molecule has 0 aliphatic rings. The van der Waals surface area contributed by atoms with Gasteiger partial charge in [-0.15, -0.1) is 0 Å². The SMILES string of the molecule is Cc1oncc1C(=O)NCc1ccccc1-c1ccsc1. The maximum absolute atomic E-state index is 12.1. The van der Waals surface area contributed by atoms with Crippen molar-refractivity contribution in [3.63, 3.8) is 0 Å². The first-order valence-electron chi connectivity index (χ1n) is 6.55. The first-order valence-corrected chi connectivity index (χ1v) is 7.50. The molecule has 1 amide bonds. The molecule has 106 valence electrons. The molecule has 2 aromatic heterocycles. The van der Waals surface area contributed by atoms with Gasteiger partial charge in [-0.3, -0.25) is 4.79 Å². The molecule has 0 aliphatic heterocycles. The fourth-order valence-corrected chi connectivity index (χ4v) is 2.82. The number of hydrogen-bond acceptors (Lipinski definition) is 4. The molecule has 4 nitrogen and oxygen atoms in total.